The maximum Gasteiger partial charge on any atom is 0.271 e. The summed E-state index contributed by atoms with van der Waals surface area (Å²) in [6.07, 6.45) is 2.67. The van der Waals surface area contributed by atoms with E-state index >= 15 is 0 Å². The number of ether oxygens (including phenoxy) is 1. The van der Waals surface area contributed by atoms with Crippen molar-refractivity contribution < 1.29 is 9.53 Å². The Morgan fingerprint density at radius 2 is 2.56 bits per heavy atom. The average molecular weight is 285 g/mol. The van der Waals surface area contributed by atoms with Crippen molar-refractivity contribution in [3.05, 3.63) is 28.5 Å². The van der Waals surface area contributed by atoms with E-state index in [4.69, 9.17) is 4.74 Å². The number of rotatable bonds is 4. The summed E-state index contributed by atoms with van der Waals surface area (Å²) >= 11 is 3.30. The van der Waals surface area contributed by atoms with E-state index in [1.54, 1.807) is 18.3 Å². The lowest BCUT2D eigenvalue weighted by atomic mass is 10.3. The lowest BCUT2D eigenvalue weighted by molar-refractivity contribution is 0.0909. The molecule has 1 aliphatic rings. The molecular weight excluding hydrogens is 272 g/mol. The molecule has 0 saturated heterocycles. The number of aromatic nitrogens is 1. The molecule has 2 rings (SSSR count). The summed E-state index contributed by atoms with van der Waals surface area (Å²) in [5.74, 6) is -0.153. The van der Waals surface area contributed by atoms with Crippen molar-refractivity contribution in [2.75, 3.05) is 6.61 Å². The molecule has 1 aliphatic carbocycles. The molecule has 0 aliphatic heterocycles. The molecule has 0 bridgehead atoms. The second-order valence-electron chi connectivity index (χ2n) is 3.64. The molecule has 1 aromatic rings. The van der Waals surface area contributed by atoms with E-state index in [2.05, 4.69) is 26.2 Å². The monoisotopic (exact) mass is 284 g/mol. The number of hydrogen-bond acceptors (Lipinski definition) is 3. The molecule has 4 nitrogen and oxygen atoms in total. The standard InChI is InChI=1S/C11H13BrN2O2/c1-2-16-9-6-8(9)14-11(15)10-7(12)4-3-5-13-10/h3-5,8-9H,2,6H2,1H3,(H,14,15)/t8-,9+/m0/s1. The van der Waals surface area contributed by atoms with E-state index in [1.165, 1.54) is 0 Å². The van der Waals surface area contributed by atoms with E-state index in [0.717, 1.165) is 6.42 Å². The van der Waals surface area contributed by atoms with Gasteiger partial charge in [0.05, 0.1) is 12.1 Å². The largest absolute Gasteiger partial charge is 0.376 e. The van der Waals surface area contributed by atoms with Crippen LogP contribution < -0.4 is 5.32 Å². The quantitative estimate of drug-likeness (QED) is 0.917. The van der Waals surface area contributed by atoms with Crippen LogP contribution in [0, 0.1) is 0 Å². The third-order valence-corrected chi connectivity index (χ3v) is 3.04. The second kappa shape index (κ2) is 4.93. The predicted octanol–water partition coefficient (Wildman–Crippen LogP) is 1.75. The van der Waals surface area contributed by atoms with Gasteiger partial charge in [0.25, 0.3) is 5.91 Å². The molecule has 16 heavy (non-hydrogen) atoms. The van der Waals surface area contributed by atoms with Gasteiger partial charge in [0.2, 0.25) is 0 Å². The Hall–Kier alpha value is -0.940. The fraction of sp³-hybridized carbons (Fsp3) is 0.455. The molecule has 0 aromatic carbocycles. The summed E-state index contributed by atoms with van der Waals surface area (Å²) in [6, 6.07) is 3.72. The van der Waals surface area contributed by atoms with Crippen LogP contribution >= 0.6 is 15.9 Å². The molecule has 5 heteroatoms. The number of nitrogens with one attached hydrogen (secondary N) is 1. The zero-order chi connectivity index (χ0) is 11.5. The highest BCUT2D eigenvalue weighted by molar-refractivity contribution is 9.10. The minimum atomic E-state index is -0.153. The van der Waals surface area contributed by atoms with Crippen LogP contribution in [0.3, 0.4) is 0 Å². The van der Waals surface area contributed by atoms with Gasteiger partial charge in [-0.05, 0) is 41.4 Å². The van der Waals surface area contributed by atoms with E-state index in [1.807, 2.05) is 6.92 Å². The summed E-state index contributed by atoms with van der Waals surface area (Å²) in [5.41, 5.74) is 0.421. The molecule has 0 radical (unpaired) electrons. The smallest absolute Gasteiger partial charge is 0.271 e. The summed E-state index contributed by atoms with van der Waals surface area (Å²) in [5, 5.41) is 2.89. The first-order valence-electron chi connectivity index (χ1n) is 5.25. The molecular formula is C11H13BrN2O2. The molecule has 0 unspecified atom stereocenters. The molecule has 1 fully saturated rings. The molecule has 1 saturated carbocycles. The van der Waals surface area contributed by atoms with Crippen molar-refractivity contribution in [2.45, 2.75) is 25.5 Å². The number of amides is 1. The number of hydrogen-bond donors (Lipinski definition) is 1. The Bertz CT molecular complexity index is 397. The van der Waals surface area contributed by atoms with Crippen molar-refractivity contribution in [3.63, 3.8) is 0 Å². The fourth-order valence-electron chi connectivity index (χ4n) is 1.51. The highest BCUT2D eigenvalue weighted by Crippen LogP contribution is 2.25. The van der Waals surface area contributed by atoms with Crippen LogP contribution in [0.5, 0.6) is 0 Å². The summed E-state index contributed by atoms with van der Waals surface area (Å²) in [4.78, 5) is 15.8. The van der Waals surface area contributed by atoms with E-state index in [0.29, 0.717) is 16.8 Å². The first-order valence-corrected chi connectivity index (χ1v) is 6.04. The third-order valence-electron chi connectivity index (χ3n) is 2.40. The molecule has 1 heterocycles. The van der Waals surface area contributed by atoms with Gasteiger partial charge in [0.15, 0.2) is 0 Å². The van der Waals surface area contributed by atoms with E-state index in [-0.39, 0.29) is 18.1 Å². The van der Waals surface area contributed by atoms with Crippen LogP contribution in [0.4, 0.5) is 0 Å². The van der Waals surface area contributed by atoms with Crippen LogP contribution in [0.25, 0.3) is 0 Å². The van der Waals surface area contributed by atoms with Gasteiger partial charge in [-0.15, -0.1) is 0 Å². The lowest BCUT2D eigenvalue weighted by Gasteiger charge is -2.05. The molecule has 0 spiro atoms. The topological polar surface area (TPSA) is 51.2 Å². The number of halogens is 1. The van der Waals surface area contributed by atoms with Gasteiger partial charge in [0, 0.05) is 17.3 Å². The lowest BCUT2D eigenvalue weighted by Crippen LogP contribution is -2.29. The Kier molecular flexibility index (Phi) is 3.56. The second-order valence-corrected chi connectivity index (χ2v) is 4.50. The van der Waals surface area contributed by atoms with Gasteiger partial charge < -0.3 is 10.1 Å². The molecule has 1 N–H and O–H groups in total. The third kappa shape index (κ3) is 2.59. The van der Waals surface area contributed by atoms with E-state index in [9.17, 15) is 4.79 Å². The van der Waals surface area contributed by atoms with Crippen LogP contribution in [0.15, 0.2) is 22.8 Å². The maximum atomic E-state index is 11.8. The average Bonchev–Trinajstić information content (AvgIpc) is 2.97. The highest BCUT2D eigenvalue weighted by atomic mass is 79.9. The molecule has 2 atom stereocenters. The Morgan fingerprint density at radius 3 is 3.25 bits per heavy atom. The molecule has 86 valence electrons. The van der Waals surface area contributed by atoms with Crippen molar-refractivity contribution in [1.29, 1.82) is 0 Å². The zero-order valence-corrected chi connectivity index (χ0v) is 10.5. The Morgan fingerprint density at radius 1 is 1.75 bits per heavy atom. The minimum absolute atomic E-state index is 0.140. The first kappa shape index (κ1) is 11.5. The zero-order valence-electron chi connectivity index (χ0n) is 8.94. The van der Waals surface area contributed by atoms with Crippen molar-refractivity contribution in [3.8, 4) is 0 Å². The van der Waals surface area contributed by atoms with Gasteiger partial charge in [-0.2, -0.15) is 0 Å². The normalized spacial score (nSPS) is 22.9. The fourth-order valence-corrected chi connectivity index (χ4v) is 1.95. The van der Waals surface area contributed by atoms with Crippen LogP contribution in [-0.2, 0) is 4.74 Å². The van der Waals surface area contributed by atoms with Gasteiger partial charge in [0.1, 0.15) is 5.69 Å². The number of pyridine rings is 1. The Balaban J connectivity index is 1.92. The van der Waals surface area contributed by atoms with Gasteiger partial charge in [-0.1, -0.05) is 0 Å². The predicted molar refractivity (Wildman–Crippen MR) is 63.2 cm³/mol. The van der Waals surface area contributed by atoms with E-state index < -0.39 is 0 Å². The van der Waals surface area contributed by atoms with Crippen LogP contribution in [-0.4, -0.2) is 29.6 Å². The first-order chi connectivity index (χ1) is 7.72. The number of nitrogens with zero attached hydrogens (tertiary/aromatic N) is 1. The van der Waals surface area contributed by atoms with Crippen LogP contribution in [0.1, 0.15) is 23.8 Å². The van der Waals surface area contributed by atoms with Gasteiger partial charge in [-0.3, -0.25) is 4.79 Å². The summed E-state index contributed by atoms with van der Waals surface area (Å²) in [6.45, 7) is 2.64. The summed E-state index contributed by atoms with van der Waals surface area (Å²) in [7, 11) is 0. The Labute approximate surface area is 103 Å². The van der Waals surface area contributed by atoms with Gasteiger partial charge >= 0.3 is 0 Å². The number of carbonyl (C=O) groups is 1. The van der Waals surface area contributed by atoms with Crippen LogP contribution in [0.2, 0.25) is 0 Å². The van der Waals surface area contributed by atoms with Crippen molar-refractivity contribution in [2.24, 2.45) is 0 Å². The minimum Gasteiger partial charge on any atom is -0.376 e. The molecule has 1 amide bonds. The highest BCUT2D eigenvalue weighted by Gasteiger charge is 2.39. The van der Waals surface area contributed by atoms with Gasteiger partial charge in [-0.25, -0.2) is 4.98 Å². The number of carbonyl (C=O) groups excluding carboxylic acids is 1. The maximum absolute atomic E-state index is 11.8. The molecule has 1 aromatic heterocycles. The van der Waals surface area contributed by atoms with Crippen molar-refractivity contribution in [1.82, 2.24) is 10.3 Å². The van der Waals surface area contributed by atoms with Crippen molar-refractivity contribution >= 4 is 21.8 Å². The summed E-state index contributed by atoms with van der Waals surface area (Å²) < 4.78 is 6.09. The SMILES string of the molecule is CCO[C@@H]1C[C@@H]1NC(=O)c1ncccc1Br.